The van der Waals surface area contributed by atoms with Crippen LogP contribution in [0.25, 0.3) is 5.65 Å². The fourth-order valence-electron chi connectivity index (χ4n) is 4.07. The van der Waals surface area contributed by atoms with Gasteiger partial charge < -0.3 is 13.7 Å². The number of carbonyl (C=O) groups excluding carboxylic acids is 2. The third-order valence-electron chi connectivity index (χ3n) is 5.52. The highest BCUT2D eigenvalue weighted by Crippen LogP contribution is 2.29. The first-order chi connectivity index (χ1) is 14.1. The number of pyridine rings is 1. The summed E-state index contributed by atoms with van der Waals surface area (Å²) in [5.41, 5.74) is 3.74. The third-order valence-corrected chi connectivity index (χ3v) is 7.27. The van der Waals surface area contributed by atoms with Crippen LogP contribution in [0.4, 0.5) is 0 Å². The third kappa shape index (κ3) is 3.77. The number of aromatic nitrogens is 3. The van der Waals surface area contributed by atoms with Gasteiger partial charge in [-0.3, -0.25) is 4.79 Å². The van der Waals surface area contributed by atoms with Gasteiger partial charge in [0.1, 0.15) is 5.65 Å². The van der Waals surface area contributed by atoms with Gasteiger partial charge in [-0.05, 0) is 51.0 Å². The monoisotopic (exact) mass is 429 g/mol. The molecule has 0 aromatic carbocycles. The molecule has 3 aromatic rings. The number of sulfone groups is 1. The van der Waals surface area contributed by atoms with Crippen LogP contribution in [-0.2, 0) is 14.6 Å². The number of imidazole rings is 1. The van der Waals surface area contributed by atoms with Crippen LogP contribution < -0.4 is 0 Å². The number of rotatable bonds is 5. The van der Waals surface area contributed by atoms with Crippen LogP contribution in [0.2, 0.25) is 0 Å². The molecule has 1 atom stereocenters. The van der Waals surface area contributed by atoms with Crippen molar-refractivity contribution in [1.82, 2.24) is 14.0 Å². The summed E-state index contributed by atoms with van der Waals surface area (Å²) < 4.78 is 32.5. The predicted molar refractivity (Wildman–Crippen MR) is 111 cm³/mol. The van der Waals surface area contributed by atoms with Gasteiger partial charge in [0, 0.05) is 35.4 Å². The van der Waals surface area contributed by atoms with Gasteiger partial charge in [-0.15, -0.1) is 0 Å². The Bertz CT molecular complexity index is 1270. The summed E-state index contributed by atoms with van der Waals surface area (Å²) in [5, 5.41) is 0. The number of Topliss-reactive ketones (excluding diaryl/α,β-unsaturated/α-hetero) is 1. The Labute approximate surface area is 174 Å². The SMILES string of the molecule is Cc1ccn2cc(C(=O)OCC(=O)c3cc(C)n(C4CCS(=O)(=O)C4)c3C)nc2c1. The van der Waals surface area contributed by atoms with Crippen molar-refractivity contribution in [2.45, 2.75) is 33.2 Å². The highest BCUT2D eigenvalue weighted by molar-refractivity contribution is 7.91. The zero-order valence-electron chi connectivity index (χ0n) is 17.1. The molecule has 1 unspecified atom stereocenters. The molecule has 0 amide bonds. The number of aryl methyl sites for hydroxylation is 2. The number of nitrogens with zero attached hydrogens (tertiary/aromatic N) is 3. The van der Waals surface area contributed by atoms with Gasteiger partial charge in [0.05, 0.1) is 11.5 Å². The van der Waals surface area contributed by atoms with Gasteiger partial charge in [0.25, 0.3) is 0 Å². The molecule has 1 fully saturated rings. The van der Waals surface area contributed by atoms with Crippen LogP contribution >= 0.6 is 0 Å². The Hall–Kier alpha value is -2.94. The number of ether oxygens (including phenoxy) is 1. The van der Waals surface area contributed by atoms with E-state index in [1.54, 1.807) is 29.8 Å². The maximum absolute atomic E-state index is 12.7. The van der Waals surface area contributed by atoms with Crippen LogP contribution in [0.1, 0.15) is 50.3 Å². The summed E-state index contributed by atoms with van der Waals surface area (Å²) in [6.45, 7) is 5.17. The molecule has 0 N–H and O–H groups in total. The lowest BCUT2D eigenvalue weighted by Gasteiger charge is -2.16. The lowest BCUT2D eigenvalue weighted by Crippen LogP contribution is -2.17. The average Bonchev–Trinajstić information content (AvgIpc) is 3.34. The molecule has 4 heterocycles. The smallest absolute Gasteiger partial charge is 0.359 e. The average molecular weight is 429 g/mol. The second kappa shape index (κ2) is 7.39. The second-order valence-electron chi connectivity index (χ2n) is 7.81. The van der Waals surface area contributed by atoms with Crippen molar-refractivity contribution >= 4 is 27.2 Å². The van der Waals surface area contributed by atoms with E-state index < -0.39 is 22.4 Å². The number of fused-ring (bicyclic) bond motifs is 1. The van der Waals surface area contributed by atoms with Gasteiger partial charge in [-0.2, -0.15) is 0 Å². The van der Waals surface area contributed by atoms with E-state index in [-0.39, 0.29) is 29.0 Å². The Morgan fingerprint density at radius 1 is 1.23 bits per heavy atom. The number of ketones is 1. The highest BCUT2D eigenvalue weighted by atomic mass is 32.2. The molecule has 9 heteroatoms. The molecule has 0 bridgehead atoms. The standard InChI is InChI=1S/C21H23N3O5S/c1-13-4-6-23-10-18(22-20(23)8-13)21(26)29-11-19(25)17-9-14(2)24(15(17)3)16-5-7-30(27,28)12-16/h4,6,8-10,16H,5,7,11-12H2,1-3H3. The van der Waals surface area contributed by atoms with Crippen molar-refractivity contribution in [3.05, 3.63) is 58.8 Å². The zero-order chi connectivity index (χ0) is 21.6. The number of carbonyl (C=O) groups is 2. The largest absolute Gasteiger partial charge is 0.453 e. The maximum Gasteiger partial charge on any atom is 0.359 e. The molecule has 30 heavy (non-hydrogen) atoms. The Morgan fingerprint density at radius 2 is 2.00 bits per heavy atom. The van der Waals surface area contributed by atoms with E-state index in [1.807, 2.05) is 30.5 Å². The molecule has 1 aliphatic heterocycles. The molecule has 158 valence electrons. The quantitative estimate of drug-likeness (QED) is 0.456. The molecule has 8 nitrogen and oxygen atoms in total. The van der Waals surface area contributed by atoms with Crippen molar-refractivity contribution in [2.24, 2.45) is 0 Å². The molecule has 3 aromatic heterocycles. The van der Waals surface area contributed by atoms with Crippen molar-refractivity contribution in [1.29, 1.82) is 0 Å². The van der Waals surface area contributed by atoms with Gasteiger partial charge in [0.15, 0.2) is 22.1 Å². The van der Waals surface area contributed by atoms with E-state index in [9.17, 15) is 18.0 Å². The fourth-order valence-corrected chi connectivity index (χ4v) is 5.76. The van der Waals surface area contributed by atoms with Gasteiger partial charge in [0.2, 0.25) is 5.78 Å². The van der Waals surface area contributed by atoms with E-state index in [0.29, 0.717) is 23.3 Å². The van der Waals surface area contributed by atoms with Gasteiger partial charge >= 0.3 is 5.97 Å². The maximum atomic E-state index is 12.7. The summed E-state index contributed by atoms with van der Waals surface area (Å²) >= 11 is 0. The molecule has 0 saturated carbocycles. The zero-order valence-corrected chi connectivity index (χ0v) is 17.9. The Kier molecular flexibility index (Phi) is 5.01. The lowest BCUT2D eigenvalue weighted by atomic mass is 10.1. The molecule has 1 aliphatic rings. The summed E-state index contributed by atoms with van der Waals surface area (Å²) in [7, 11) is -3.04. The molecule has 0 radical (unpaired) electrons. The minimum atomic E-state index is -3.04. The van der Waals surface area contributed by atoms with Crippen LogP contribution in [0.5, 0.6) is 0 Å². The van der Waals surface area contributed by atoms with Crippen molar-refractivity contribution in [3.63, 3.8) is 0 Å². The summed E-state index contributed by atoms with van der Waals surface area (Å²) in [5.74, 6) is -0.753. The van der Waals surface area contributed by atoms with Crippen molar-refractivity contribution in [2.75, 3.05) is 18.1 Å². The molecular weight excluding hydrogens is 406 g/mol. The molecule has 0 spiro atoms. The molecule has 0 aliphatic carbocycles. The van der Waals surface area contributed by atoms with Crippen molar-refractivity contribution in [3.8, 4) is 0 Å². The lowest BCUT2D eigenvalue weighted by molar-refractivity contribution is 0.0469. The summed E-state index contributed by atoms with van der Waals surface area (Å²) in [6, 6.07) is 5.31. The number of hydrogen-bond donors (Lipinski definition) is 0. The van der Waals surface area contributed by atoms with Gasteiger partial charge in [-0.25, -0.2) is 18.2 Å². The van der Waals surface area contributed by atoms with Gasteiger partial charge in [-0.1, -0.05) is 0 Å². The first-order valence-corrected chi connectivity index (χ1v) is 11.5. The molecule has 1 saturated heterocycles. The second-order valence-corrected chi connectivity index (χ2v) is 10.0. The minimum Gasteiger partial charge on any atom is -0.453 e. The van der Waals surface area contributed by atoms with E-state index in [2.05, 4.69) is 4.98 Å². The first kappa shape index (κ1) is 20.3. The van der Waals surface area contributed by atoms with E-state index in [4.69, 9.17) is 4.74 Å². The normalized spacial score (nSPS) is 18.0. The van der Waals surface area contributed by atoms with E-state index in [0.717, 1.165) is 11.3 Å². The fraction of sp³-hybridized carbons (Fsp3) is 0.381. The van der Waals surface area contributed by atoms with E-state index >= 15 is 0 Å². The first-order valence-electron chi connectivity index (χ1n) is 9.69. The molecule has 4 rings (SSSR count). The summed E-state index contributed by atoms with van der Waals surface area (Å²) in [6.07, 6.45) is 3.90. The number of hydrogen-bond acceptors (Lipinski definition) is 6. The predicted octanol–water partition coefficient (Wildman–Crippen LogP) is 2.46. The van der Waals surface area contributed by atoms with Crippen LogP contribution in [0.15, 0.2) is 30.6 Å². The van der Waals surface area contributed by atoms with Crippen LogP contribution in [0, 0.1) is 20.8 Å². The topological polar surface area (TPSA) is 99.7 Å². The highest BCUT2D eigenvalue weighted by Gasteiger charge is 2.31. The van der Waals surface area contributed by atoms with Crippen molar-refractivity contribution < 1.29 is 22.7 Å². The Morgan fingerprint density at radius 3 is 2.70 bits per heavy atom. The Balaban J connectivity index is 1.47. The number of esters is 1. The molecular formula is C21H23N3O5S. The van der Waals surface area contributed by atoms with Crippen LogP contribution in [-0.4, -0.2) is 52.2 Å². The minimum absolute atomic E-state index is 0.0827. The van der Waals surface area contributed by atoms with Crippen LogP contribution in [0.3, 0.4) is 0 Å². The van der Waals surface area contributed by atoms with E-state index in [1.165, 1.54) is 0 Å². The summed E-state index contributed by atoms with van der Waals surface area (Å²) in [4.78, 5) is 29.3.